The first kappa shape index (κ1) is 12.8. The predicted octanol–water partition coefficient (Wildman–Crippen LogP) is 3.62. The average molecular weight is 308 g/mol. The maximum atomic E-state index is 5.70. The molecule has 0 saturated carbocycles. The predicted molar refractivity (Wildman–Crippen MR) is 75.9 cm³/mol. The molecule has 0 unspecified atom stereocenters. The van der Waals surface area contributed by atoms with Gasteiger partial charge in [0.15, 0.2) is 0 Å². The minimum atomic E-state index is 0.437. The van der Waals surface area contributed by atoms with Gasteiger partial charge in [0.05, 0.1) is 7.11 Å². The SMILES string of the molecule is COc1ccc(Br)cc1COc1cccc(N)c1. The van der Waals surface area contributed by atoms with E-state index in [-0.39, 0.29) is 0 Å². The fourth-order valence-corrected chi connectivity index (χ4v) is 2.03. The molecule has 0 aliphatic rings. The van der Waals surface area contributed by atoms with E-state index in [1.807, 2.05) is 36.4 Å². The topological polar surface area (TPSA) is 44.5 Å². The van der Waals surface area contributed by atoms with Gasteiger partial charge in [-0.25, -0.2) is 0 Å². The summed E-state index contributed by atoms with van der Waals surface area (Å²) in [6.45, 7) is 0.437. The Morgan fingerprint density at radius 2 is 2.00 bits per heavy atom. The van der Waals surface area contributed by atoms with Crippen LogP contribution in [-0.2, 0) is 6.61 Å². The van der Waals surface area contributed by atoms with Crippen molar-refractivity contribution in [1.29, 1.82) is 0 Å². The van der Waals surface area contributed by atoms with Crippen LogP contribution in [-0.4, -0.2) is 7.11 Å². The zero-order valence-electron chi connectivity index (χ0n) is 10.0. The van der Waals surface area contributed by atoms with Crippen LogP contribution in [0.15, 0.2) is 46.9 Å². The number of nitrogen functional groups attached to an aromatic ring is 1. The highest BCUT2D eigenvalue weighted by Gasteiger charge is 2.04. The quantitative estimate of drug-likeness (QED) is 0.877. The van der Waals surface area contributed by atoms with Crippen molar-refractivity contribution < 1.29 is 9.47 Å². The van der Waals surface area contributed by atoms with Crippen LogP contribution in [0.4, 0.5) is 5.69 Å². The zero-order valence-corrected chi connectivity index (χ0v) is 11.6. The van der Waals surface area contributed by atoms with Crippen LogP contribution in [0.25, 0.3) is 0 Å². The van der Waals surface area contributed by atoms with Crippen molar-refractivity contribution in [1.82, 2.24) is 0 Å². The standard InChI is InChI=1S/C14H14BrNO2/c1-17-14-6-5-11(15)7-10(14)9-18-13-4-2-3-12(16)8-13/h2-8H,9,16H2,1H3. The normalized spacial score (nSPS) is 10.1. The van der Waals surface area contributed by atoms with Crippen molar-refractivity contribution in [2.24, 2.45) is 0 Å². The van der Waals surface area contributed by atoms with Crippen molar-refractivity contribution in [2.45, 2.75) is 6.61 Å². The number of anilines is 1. The van der Waals surface area contributed by atoms with E-state index < -0.39 is 0 Å². The summed E-state index contributed by atoms with van der Waals surface area (Å²) >= 11 is 3.43. The number of benzene rings is 2. The van der Waals surface area contributed by atoms with Gasteiger partial charge in [-0.2, -0.15) is 0 Å². The van der Waals surface area contributed by atoms with Crippen LogP contribution in [0.3, 0.4) is 0 Å². The minimum Gasteiger partial charge on any atom is -0.496 e. The summed E-state index contributed by atoms with van der Waals surface area (Å²) in [7, 11) is 1.65. The largest absolute Gasteiger partial charge is 0.496 e. The highest BCUT2D eigenvalue weighted by atomic mass is 79.9. The van der Waals surface area contributed by atoms with Crippen LogP contribution < -0.4 is 15.2 Å². The maximum absolute atomic E-state index is 5.70. The second-order valence-electron chi connectivity index (χ2n) is 3.82. The molecule has 0 atom stereocenters. The van der Waals surface area contributed by atoms with Gasteiger partial charge in [0.2, 0.25) is 0 Å². The summed E-state index contributed by atoms with van der Waals surface area (Å²) < 4.78 is 12.0. The molecule has 18 heavy (non-hydrogen) atoms. The molecule has 2 rings (SSSR count). The van der Waals surface area contributed by atoms with E-state index in [9.17, 15) is 0 Å². The summed E-state index contributed by atoms with van der Waals surface area (Å²) in [4.78, 5) is 0. The highest BCUT2D eigenvalue weighted by Crippen LogP contribution is 2.25. The Bertz CT molecular complexity index is 543. The molecule has 2 N–H and O–H groups in total. The summed E-state index contributed by atoms with van der Waals surface area (Å²) in [5.41, 5.74) is 7.37. The molecule has 0 radical (unpaired) electrons. The molecule has 2 aromatic rings. The molecule has 4 heteroatoms. The van der Waals surface area contributed by atoms with Crippen LogP contribution in [0.1, 0.15) is 5.56 Å². The molecule has 94 valence electrons. The molecule has 3 nitrogen and oxygen atoms in total. The molecule has 0 heterocycles. The van der Waals surface area contributed by atoms with Crippen LogP contribution in [0.5, 0.6) is 11.5 Å². The van der Waals surface area contributed by atoms with Crippen LogP contribution in [0, 0.1) is 0 Å². The number of halogens is 1. The molecular formula is C14H14BrNO2. The molecule has 0 aromatic heterocycles. The Labute approximate surface area is 115 Å². The van der Waals surface area contributed by atoms with E-state index in [0.29, 0.717) is 12.3 Å². The molecule has 0 amide bonds. The Morgan fingerprint density at radius 3 is 2.72 bits per heavy atom. The van der Waals surface area contributed by atoms with Gasteiger partial charge >= 0.3 is 0 Å². The smallest absolute Gasteiger partial charge is 0.125 e. The van der Waals surface area contributed by atoms with Crippen molar-refractivity contribution in [3.05, 3.63) is 52.5 Å². The van der Waals surface area contributed by atoms with E-state index in [1.165, 1.54) is 0 Å². The third kappa shape index (κ3) is 3.17. The summed E-state index contributed by atoms with van der Waals surface area (Å²) in [6.07, 6.45) is 0. The van der Waals surface area contributed by atoms with Gasteiger partial charge in [-0.1, -0.05) is 22.0 Å². The second kappa shape index (κ2) is 5.78. The van der Waals surface area contributed by atoms with Gasteiger partial charge in [-0.3, -0.25) is 0 Å². The van der Waals surface area contributed by atoms with Gasteiger partial charge in [-0.15, -0.1) is 0 Å². The van der Waals surface area contributed by atoms with E-state index in [2.05, 4.69) is 15.9 Å². The van der Waals surface area contributed by atoms with Crippen LogP contribution >= 0.6 is 15.9 Å². The lowest BCUT2D eigenvalue weighted by Crippen LogP contribution is -1.99. The fraction of sp³-hybridized carbons (Fsp3) is 0.143. The van der Waals surface area contributed by atoms with E-state index in [4.69, 9.17) is 15.2 Å². The number of hydrogen-bond donors (Lipinski definition) is 1. The Balaban J connectivity index is 2.12. The zero-order chi connectivity index (χ0) is 13.0. The van der Waals surface area contributed by atoms with E-state index >= 15 is 0 Å². The summed E-state index contributed by atoms with van der Waals surface area (Å²) in [5.74, 6) is 1.55. The first-order valence-electron chi connectivity index (χ1n) is 5.50. The lowest BCUT2D eigenvalue weighted by molar-refractivity contribution is 0.297. The molecule has 0 bridgehead atoms. The molecule has 0 spiro atoms. The highest BCUT2D eigenvalue weighted by molar-refractivity contribution is 9.10. The Hall–Kier alpha value is -1.68. The monoisotopic (exact) mass is 307 g/mol. The van der Waals surface area contributed by atoms with Gasteiger partial charge in [0.1, 0.15) is 18.1 Å². The Morgan fingerprint density at radius 1 is 1.17 bits per heavy atom. The molecule has 2 aromatic carbocycles. The first-order chi connectivity index (χ1) is 8.69. The fourth-order valence-electron chi connectivity index (χ4n) is 1.63. The van der Waals surface area contributed by atoms with E-state index in [0.717, 1.165) is 21.5 Å². The van der Waals surface area contributed by atoms with Crippen LogP contribution in [0.2, 0.25) is 0 Å². The maximum Gasteiger partial charge on any atom is 0.125 e. The molecule has 0 saturated heterocycles. The molecule has 0 aliphatic carbocycles. The summed E-state index contributed by atoms with van der Waals surface area (Å²) in [6, 6.07) is 13.2. The first-order valence-corrected chi connectivity index (χ1v) is 6.29. The van der Waals surface area contributed by atoms with Gasteiger partial charge in [0, 0.05) is 21.8 Å². The number of methoxy groups -OCH3 is 1. The Kier molecular flexibility index (Phi) is 4.10. The van der Waals surface area contributed by atoms with E-state index in [1.54, 1.807) is 13.2 Å². The lowest BCUT2D eigenvalue weighted by Gasteiger charge is -2.11. The van der Waals surface area contributed by atoms with Gasteiger partial charge < -0.3 is 15.2 Å². The molecular weight excluding hydrogens is 294 g/mol. The number of rotatable bonds is 4. The van der Waals surface area contributed by atoms with Gasteiger partial charge in [0.25, 0.3) is 0 Å². The molecule has 0 aliphatic heterocycles. The number of nitrogens with two attached hydrogens (primary N) is 1. The van der Waals surface area contributed by atoms with Crippen molar-refractivity contribution >= 4 is 21.6 Å². The number of ether oxygens (including phenoxy) is 2. The van der Waals surface area contributed by atoms with Crippen molar-refractivity contribution in [3.63, 3.8) is 0 Å². The number of hydrogen-bond acceptors (Lipinski definition) is 3. The van der Waals surface area contributed by atoms with Gasteiger partial charge in [-0.05, 0) is 30.3 Å². The second-order valence-corrected chi connectivity index (χ2v) is 4.73. The lowest BCUT2D eigenvalue weighted by atomic mass is 10.2. The van der Waals surface area contributed by atoms with Crippen molar-refractivity contribution in [3.8, 4) is 11.5 Å². The average Bonchev–Trinajstić information content (AvgIpc) is 2.37. The van der Waals surface area contributed by atoms with Crippen molar-refractivity contribution in [2.75, 3.05) is 12.8 Å². The summed E-state index contributed by atoms with van der Waals surface area (Å²) in [5, 5.41) is 0. The third-order valence-electron chi connectivity index (χ3n) is 2.49. The minimum absolute atomic E-state index is 0.437. The third-order valence-corrected chi connectivity index (χ3v) is 2.99. The molecule has 0 fully saturated rings.